The molecule has 7 heteroatoms. The molecule has 0 radical (unpaired) electrons. The van der Waals surface area contributed by atoms with Gasteiger partial charge in [0.2, 0.25) is 0 Å². The average molecular weight is 277 g/mol. The highest BCUT2D eigenvalue weighted by atomic mass is 16.7. The second-order valence-electron chi connectivity index (χ2n) is 4.82. The number of benzene rings is 1. The van der Waals surface area contributed by atoms with Gasteiger partial charge in [-0.05, 0) is 11.1 Å². The first-order valence-electron chi connectivity index (χ1n) is 6.44. The van der Waals surface area contributed by atoms with Crippen molar-refractivity contribution in [3.05, 3.63) is 46.3 Å². The summed E-state index contributed by atoms with van der Waals surface area (Å²) in [5.41, 5.74) is 9.55. The van der Waals surface area contributed by atoms with Gasteiger partial charge in [0.05, 0.1) is 19.3 Å². The van der Waals surface area contributed by atoms with Gasteiger partial charge in [0.25, 0.3) is 0 Å². The van der Waals surface area contributed by atoms with Crippen molar-refractivity contribution in [2.75, 3.05) is 6.61 Å². The van der Waals surface area contributed by atoms with Gasteiger partial charge in [-0.2, -0.15) is 0 Å². The Kier molecular flexibility index (Phi) is 3.86. The number of hydrogen-bond donors (Lipinski definition) is 1. The molecule has 2 heterocycles. The van der Waals surface area contributed by atoms with E-state index >= 15 is 0 Å². The van der Waals surface area contributed by atoms with Crippen LogP contribution in [0, 0.1) is 0 Å². The van der Waals surface area contributed by atoms with E-state index in [2.05, 4.69) is 10.0 Å². The minimum Gasteiger partial charge on any atom is -0.390 e. The van der Waals surface area contributed by atoms with Crippen LogP contribution in [0.2, 0.25) is 0 Å². The van der Waals surface area contributed by atoms with Gasteiger partial charge >= 0.3 is 0 Å². The molecule has 2 aliphatic heterocycles. The summed E-state index contributed by atoms with van der Waals surface area (Å²) in [5, 5.41) is 13.8. The van der Waals surface area contributed by atoms with Crippen LogP contribution in [-0.2, 0) is 20.8 Å². The highest BCUT2D eigenvalue weighted by Crippen LogP contribution is 2.32. The van der Waals surface area contributed by atoms with Gasteiger partial charge in [-0.3, -0.25) is 0 Å². The van der Waals surface area contributed by atoms with Crippen molar-refractivity contribution < 1.29 is 19.3 Å². The molecule has 3 rings (SSSR count). The summed E-state index contributed by atoms with van der Waals surface area (Å²) in [5.74, 6) is 0. The number of nitrogens with zero attached hydrogens (tertiary/aromatic N) is 3. The molecule has 5 atom stereocenters. The largest absolute Gasteiger partial charge is 0.390 e. The van der Waals surface area contributed by atoms with Crippen molar-refractivity contribution in [2.24, 2.45) is 5.11 Å². The predicted octanol–water partition coefficient (Wildman–Crippen LogP) is 1.37. The quantitative estimate of drug-likeness (QED) is 0.510. The Balaban J connectivity index is 1.70. The van der Waals surface area contributed by atoms with E-state index in [1.54, 1.807) is 0 Å². The third kappa shape index (κ3) is 2.49. The fourth-order valence-corrected chi connectivity index (χ4v) is 2.52. The standard InChI is InChI=1S/C13H15N3O4/c14-16-15-10-11(17)12(9-7-19-13(10)20-9)18-6-8-4-2-1-3-5-8/h1-5,9-13,17H,6-7H2/t9?,10-,11-,12-,13?/m1/s1. The van der Waals surface area contributed by atoms with Crippen molar-refractivity contribution in [3.8, 4) is 0 Å². The Morgan fingerprint density at radius 1 is 1.40 bits per heavy atom. The van der Waals surface area contributed by atoms with Gasteiger partial charge in [-0.15, -0.1) is 0 Å². The summed E-state index contributed by atoms with van der Waals surface area (Å²) in [6.07, 6.45) is -2.50. The fourth-order valence-electron chi connectivity index (χ4n) is 2.52. The molecular weight excluding hydrogens is 262 g/mol. The zero-order valence-corrected chi connectivity index (χ0v) is 10.7. The van der Waals surface area contributed by atoms with Crippen molar-refractivity contribution >= 4 is 0 Å². The molecule has 20 heavy (non-hydrogen) atoms. The Hall–Kier alpha value is -1.63. The van der Waals surface area contributed by atoms with Crippen LogP contribution in [0.5, 0.6) is 0 Å². The predicted molar refractivity (Wildman–Crippen MR) is 68.6 cm³/mol. The molecule has 2 fully saturated rings. The Morgan fingerprint density at radius 2 is 2.20 bits per heavy atom. The summed E-state index contributed by atoms with van der Waals surface area (Å²) in [6.45, 7) is 0.689. The number of aliphatic hydroxyl groups excluding tert-OH is 1. The number of aliphatic hydroxyl groups is 1. The lowest BCUT2D eigenvalue weighted by atomic mass is 9.99. The van der Waals surface area contributed by atoms with Gasteiger partial charge in [0, 0.05) is 4.91 Å². The van der Waals surface area contributed by atoms with Gasteiger partial charge < -0.3 is 19.3 Å². The van der Waals surface area contributed by atoms with E-state index in [0.29, 0.717) is 13.2 Å². The molecule has 106 valence electrons. The van der Waals surface area contributed by atoms with Crippen LogP contribution in [0.15, 0.2) is 35.4 Å². The third-order valence-electron chi connectivity index (χ3n) is 3.54. The van der Waals surface area contributed by atoms with E-state index < -0.39 is 24.5 Å². The Labute approximate surface area is 115 Å². The zero-order chi connectivity index (χ0) is 13.9. The summed E-state index contributed by atoms with van der Waals surface area (Å²) in [4.78, 5) is 2.73. The van der Waals surface area contributed by atoms with E-state index in [9.17, 15) is 5.11 Å². The van der Waals surface area contributed by atoms with E-state index in [-0.39, 0.29) is 6.10 Å². The van der Waals surface area contributed by atoms with Gasteiger partial charge in [0.15, 0.2) is 6.29 Å². The average Bonchev–Trinajstić information content (AvgIpc) is 2.90. The molecule has 1 N–H and O–H groups in total. The normalized spacial score (nSPS) is 35.5. The number of fused-ring (bicyclic) bond motifs is 2. The molecular formula is C13H15N3O4. The highest BCUT2D eigenvalue weighted by molar-refractivity contribution is 5.13. The lowest BCUT2D eigenvalue weighted by Crippen LogP contribution is -2.53. The van der Waals surface area contributed by atoms with Crippen LogP contribution in [0.3, 0.4) is 0 Å². The van der Waals surface area contributed by atoms with Crippen LogP contribution < -0.4 is 0 Å². The Morgan fingerprint density at radius 3 is 2.95 bits per heavy atom. The molecule has 0 aromatic heterocycles. The first-order chi connectivity index (χ1) is 9.79. The molecule has 2 saturated heterocycles. The first kappa shape index (κ1) is 13.4. The summed E-state index contributed by atoms with van der Waals surface area (Å²) in [6, 6.07) is 8.87. The topological polar surface area (TPSA) is 96.7 Å². The number of azide groups is 1. The monoisotopic (exact) mass is 277 g/mol. The minimum atomic E-state index is -0.930. The maximum absolute atomic E-state index is 10.3. The summed E-state index contributed by atoms with van der Waals surface area (Å²) < 4.78 is 16.7. The second-order valence-corrected chi connectivity index (χ2v) is 4.82. The maximum atomic E-state index is 10.3. The molecule has 0 spiro atoms. The molecule has 1 aromatic carbocycles. The lowest BCUT2D eigenvalue weighted by molar-refractivity contribution is -0.195. The molecule has 0 saturated carbocycles. The first-order valence-corrected chi connectivity index (χ1v) is 6.44. The van der Waals surface area contributed by atoms with Crippen molar-refractivity contribution in [2.45, 2.75) is 37.3 Å². The molecule has 0 aliphatic carbocycles. The SMILES string of the molecule is [N-]=[N+]=N[C@H]1C2OCC(O2)[C@@H](OCc2ccccc2)[C@@H]1O. The molecule has 7 nitrogen and oxygen atoms in total. The number of ether oxygens (including phenoxy) is 3. The van der Waals surface area contributed by atoms with Gasteiger partial charge in [-0.25, -0.2) is 0 Å². The van der Waals surface area contributed by atoms with Gasteiger partial charge in [0.1, 0.15) is 18.2 Å². The highest BCUT2D eigenvalue weighted by Gasteiger charge is 2.50. The second kappa shape index (κ2) is 5.78. The van der Waals surface area contributed by atoms with Gasteiger partial charge in [-0.1, -0.05) is 35.4 Å². The minimum absolute atomic E-state index is 0.330. The maximum Gasteiger partial charge on any atom is 0.169 e. The fraction of sp³-hybridized carbons (Fsp3) is 0.538. The van der Waals surface area contributed by atoms with Crippen molar-refractivity contribution in [3.63, 3.8) is 0 Å². The smallest absolute Gasteiger partial charge is 0.169 e. The van der Waals surface area contributed by atoms with E-state index in [1.807, 2.05) is 30.3 Å². The third-order valence-corrected chi connectivity index (χ3v) is 3.54. The van der Waals surface area contributed by atoms with E-state index in [1.165, 1.54) is 0 Å². The molecule has 2 aliphatic rings. The Bertz CT molecular complexity index is 506. The summed E-state index contributed by atoms with van der Waals surface area (Å²) >= 11 is 0. The van der Waals surface area contributed by atoms with Crippen LogP contribution >= 0.6 is 0 Å². The van der Waals surface area contributed by atoms with Crippen LogP contribution in [0.25, 0.3) is 10.4 Å². The van der Waals surface area contributed by atoms with Crippen LogP contribution in [0.1, 0.15) is 5.56 Å². The number of rotatable bonds is 4. The van der Waals surface area contributed by atoms with E-state index in [4.69, 9.17) is 19.7 Å². The summed E-state index contributed by atoms with van der Waals surface area (Å²) in [7, 11) is 0. The van der Waals surface area contributed by atoms with Crippen molar-refractivity contribution in [1.82, 2.24) is 0 Å². The molecule has 2 bridgehead atoms. The zero-order valence-electron chi connectivity index (χ0n) is 10.7. The lowest BCUT2D eigenvalue weighted by Gasteiger charge is -2.35. The van der Waals surface area contributed by atoms with Crippen molar-refractivity contribution in [1.29, 1.82) is 0 Å². The van der Waals surface area contributed by atoms with E-state index in [0.717, 1.165) is 5.56 Å². The molecule has 2 unspecified atom stereocenters. The molecule has 0 amide bonds. The molecule has 1 aromatic rings. The van der Waals surface area contributed by atoms with Crippen LogP contribution in [0.4, 0.5) is 0 Å². The number of hydrogen-bond acceptors (Lipinski definition) is 5. The van der Waals surface area contributed by atoms with Crippen LogP contribution in [-0.4, -0.2) is 42.4 Å².